The lowest BCUT2D eigenvalue weighted by Gasteiger charge is -2.44. The molecule has 0 aromatic heterocycles. The standard InChI is InChI=1S/C16H21ClN2O/c17-11-13-4-6-14(7-5-13)16(20)19-10-9-18-8-2-1-3-15(18)12-19/h4-7,15H,1-3,8-12H2. The molecule has 0 radical (unpaired) electrons. The van der Waals surface area contributed by atoms with Gasteiger partial charge in [-0.2, -0.15) is 0 Å². The van der Waals surface area contributed by atoms with Gasteiger partial charge in [-0.15, -0.1) is 11.6 Å². The van der Waals surface area contributed by atoms with Crippen molar-refractivity contribution in [3.8, 4) is 0 Å². The first-order valence-electron chi connectivity index (χ1n) is 7.46. The number of hydrogen-bond donors (Lipinski definition) is 0. The van der Waals surface area contributed by atoms with Crippen LogP contribution >= 0.6 is 11.6 Å². The number of carbonyl (C=O) groups is 1. The van der Waals surface area contributed by atoms with Crippen LogP contribution in [0.15, 0.2) is 24.3 Å². The molecule has 0 N–H and O–H groups in total. The molecule has 108 valence electrons. The zero-order valence-corrected chi connectivity index (χ0v) is 12.5. The topological polar surface area (TPSA) is 23.6 Å². The summed E-state index contributed by atoms with van der Waals surface area (Å²) in [5.74, 6) is 0.659. The first kappa shape index (κ1) is 13.9. The second-order valence-corrected chi connectivity index (χ2v) is 6.03. The predicted molar refractivity (Wildman–Crippen MR) is 81.1 cm³/mol. The minimum atomic E-state index is 0.163. The van der Waals surface area contributed by atoms with Crippen LogP contribution in [-0.4, -0.2) is 47.9 Å². The lowest BCUT2D eigenvalue weighted by Crippen LogP contribution is -2.56. The third-order valence-electron chi connectivity index (χ3n) is 4.48. The van der Waals surface area contributed by atoms with E-state index in [2.05, 4.69) is 4.90 Å². The van der Waals surface area contributed by atoms with Crippen LogP contribution in [0.5, 0.6) is 0 Å². The van der Waals surface area contributed by atoms with Crippen molar-refractivity contribution in [1.82, 2.24) is 9.80 Å². The number of nitrogens with zero attached hydrogens (tertiary/aromatic N) is 2. The highest BCUT2D eigenvalue weighted by atomic mass is 35.5. The fraction of sp³-hybridized carbons (Fsp3) is 0.562. The van der Waals surface area contributed by atoms with E-state index in [1.807, 2.05) is 29.2 Å². The number of piperazine rings is 1. The summed E-state index contributed by atoms with van der Waals surface area (Å²) >= 11 is 5.78. The Morgan fingerprint density at radius 3 is 2.70 bits per heavy atom. The van der Waals surface area contributed by atoms with Crippen molar-refractivity contribution in [2.75, 3.05) is 26.2 Å². The molecule has 1 unspecified atom stereocenters. The summed E-state index contributed by atoms with van der Waals surface area (Å²) in [6.45, 7) is 3.97. The maximum absolute atomic E-state index is 12.5. The summed E-state index contributed by atoms with van der Waals surface area (Å²) in [7, 11) is 0. The van der Waals surface area contributed by atoms with Crippen LogP contribution in [0.4, 0.5) is 0 Å². The molecule has 2 saturated heterocycles. The van der Waals surface area contributed by atoms with Crippen LogP contribution < -0.4 is 0 Å². The molecule has 0 bridgehead atoms. The molecular weight excluding hydrogens is 272 g/mol. The molecule has 20 heavy (non-hydrogen) atoms. The van der Waals surface area contributed by atoms with Crippen LogP contribution in [0.2, 0.25) is 0 Å². The number of hydrogen-bond acceptors (Lipinski definition) is 2. The molecule has 2 aliphatic heterocycles. The molecule has 2 heterocycles. The Bertz CT molecular complexity index is 474. The SMILES string of the molecule is O=C(c1ccc(CCl)cc1)N1CCN2CCCCC2C1. The van der Waals surface area contributed by atoms with Crippen molar-refractivity contribution in [2.45, 2.75) is 31.2 Å². The van der Waals surface area contributed by atoms with Crippen molar-refractivity contribution in [3.63, 3.8) is 0 Å². The molecule has 0 aliphatic carbocycles. The molecule has 3 rings (SSSR count). The zero-order chi connectivity index (χ0) is 13.9. The monoisotopic (exact) mass is 292 g/mol. The van der Waals surface area contributed by atoms with Crippen LogP contribution in [-0.2, 0) is 5.88 Å². The van der Waals surface area contributed by atoms with Crippen LogP contribution in [0.1, 0.15) is 35.2 Å². The Balaban J connectivity index is 1.67. The normalized spacial score (nSPS) is 23.4. The summed E-state index contributed by atoms with van der Waals surface area (Å²) in [5.41, 5.74) is 1.84. The van der Waals surface area contributed by atoms with Crippen molar-refractivity contribution in [3.05, 3.63) is 35.4 Å². The lowest BCUT2D eigenvalue weighted by atomic mass is 9.99. The quantitative estimate of drug-likeness (QED) is 0.783. The fourth-order valence-corrected chi connectivity index (χ4v) is 3.44. The molecule has 1 atom stereocenters. The molecule has 2 fully saturated rings. The van der Waals surface area contributed by atoms with E-state index >= 15 is 0 Å². The lowest BCUT2D eigenvalue weighted by molar-refractivity contribution is 0.0372. The molecule has 4 heteroatoms. The first-order valence-corrected chi connectivity index (χ1v) is 7.99. The number of carbonyl (C=O) groups excluding carboxylic acids is 1. The van der Waals surface area contributed by atoms with Crippen LogP contribution in [0.25, 0.3) is 0 Å². The molecule has 0 saturated carbocycles. The number of amides is 1. The minimum Gasteiger partial charge on any atom is -0.336 e. The number of benzene rings is 1. The Morgan fingerprint density at radius 2 is 1.95 bits per heavy atom. The van der Waals surface area contributed by atoms with Gasteiger partial charge >= 0.3 is 0 Å². The highest BCUT2D eigenvalue weighted by Gasteiger charge is 2.31. The van der Waals surface area contributed by atoms with Gasteiger partial charge < -0.3 is 4.90 Å². The van der Waals surface area contributed by atoms with Gasteiger partial charge in [0.05, 0.1) is 0 Å². The van der Waals surface area contributed by atoms with Gasteiger partial charge in [0, 0.05) is 37.1 Å². The first-order chi connectivity index (χ1) is 9.78. The number of piperidine rings is 1. The van der Waals surface area contributed by atoms with E-state index in [1.54, 1.807) is 0 Å². The number of halogens is 1. The molecule has 3 nitrogen and oxygen atoms in total. The predicted octanol–water partition coefficient (Wildman–Crippen LogP) is 2.74. The Hall–Kier alpha value is -1.06. The van der Waals surface area contributed by atoms with Crippen LogP contribution in [0, 0.1) is 0 Å². The molecule has 1 aromatic carbocycles. The fourth-order valence-electron chi connectivity index (χ4n) is 3.26. The zero-order valence-electron chi connectivity index (χ0n) is 11.7. The van der Waals surface area contributed by atoms with E-state index in [-0.39, 0.29) is 5.91 Å². The summed E-state index contributed by atoms with van der Waals surface area (Å²) in [6.07, 6.45) is 3.84. The average Bonchev–Trinajstić information content (AvgIpc) is 2.54. The van der Waals surface area contributed by atoms with E-state index in [9.17, 15) is 4.79 Å². The van der Waals surface area contributed by atoms with Gasteiger partial charge in [-0.05, 0) is 37.1 Å². The largest absolute Gasteiger partial charge is 0.336 e. The molecular formula is C16H21ClN2O. The third kappa shape index (κ3) is 2.84. The molecule has 1 aromatic rings. The highest BCUT2D eigenvalue weighted by molar-refractivity contribution is 6.17. The second-order valence-electron chi connectivity index (χ2n) is 5.77. The summed E-state index contributed by atoms with van der Waals surface area (Å²) in [4.78, 5) is 17.1. The average molecular weight is 293 g/mol. The van der Waals surface area contributed by atoms with Gasteiger partial charge in [0.25, 0.3) is 5.91 Å². The van der Waals surface area contributed by atoms with Gasteiger partial charge in [0.2, 0.25) is 0 Å². The molecule has 1 amide bonds. The Kier molecular flexibility index (Phi) is 4.27. The maximum Gasteiger partial charge on any atom is 0.253 e. The van der Waals surface area contributed by atoms with E-state index in [0.717, 1.165) is 30.8 Å². The van der Waals surface area contributed by atoms with E-state index in [1.165, 1.54) is 25.8 Å². The smallest absolute Gasteiger partial charge is 0.253 e. The van der Waals surface area contributed by atoms with Crippen molar-refractivity contribution in [1.29, 1.82) is 0 Å². The Labute approximate surface area is 125 Å². The number of fused-ring (bicyclic) bond motifs is 1. The van der Waals surface area contributed by atoms with Gasteiger partial charge in [-0.3, -0.25) is 9.69 Å². The van der Waals surface area contributed by atoms with E-state index in [0.29, 0.717) is 11.9 Å². The van der Waals surface area contributed by atoms with Crippen molar-refractivity contribution >= 4 is 17.5 Å². The van der Waals surface area contributed by atoms with Crippen LogP contribution in [0.3, 0.4) is 0 Å². The molecule has 2 aliphatic rings. The van der Waals surface area contributed by atoms with Gasteiger partial charge in [-0.1, -0.05) is 18.6 Å². The summed E-state index contributed by atoms with van der Waals surface area (Å²) < 4.78 is 0. The molecule has 0 spiro atoms. The second kappa shape index (κ2) is 6.15. The summed E-state index contributed by atoms with van der Waals surface area (Å²) in [6, 6.07) is 8.25. The van der Waals surface area contributed by atoms with Gasteiger partial charge in [0.1, 0.15) is 0 Å². The maximum atomic E-state index is 12.5. The minimum absolute atomic E-state index is 0.163. The highest BCUT2D eigenvalue weighted by Crippen LogP contribution is 2.22. The number of rotatable bonds is 2. The Morgan fingerprint density at radius 1 is 1.15 bits per heavy atom. The van der Waals surface area contributed by atoms with E-state index < -0.39 is 0 Å². The van der Waals surface area contributed by atoms with Gasteiger partial charge in [0.15, 0.2) is 0 Å². The van der Waals surface area contributed by atoms with E-state index in [4.69, 9.17) is 11.6 Å². The van der Waals surface area contributed by atoms with Crippen molar-refractivity contribution < 1.29 is 4.79 Å². The third-order valence-corrected chi connectivity index (χ3v) is 4.79. The van der Waals surface area contributed by atoms with Gasteiger partial charge in [-0.25, -0.2) is 0 Å². The van der Waals surface area contributed by atoms with Crippen molar-refractivity contribution in [2.24, 2.45) is 0 Å². The summed E-state index contributed by atoms with van der Waals surface area (Å²) in [5, 5.41) is 0. The number of alkyl halides is 1.